The number of carbonyl (C=O) groups excluding carboxylic acids is 1. The van der Waals surface area contributed by atoms with E-state index in [-0.39, 0.29) is 5.91 Å². The molecule has 1 aliphatic heterocycles. The van der Waals surface area contributed by atoms with Gasteiger partial charge in [-0.2, -0.15) is 0 Å². The average molecular weight is 329 g/mol. The summed E-state index contributed by atoms with van der Waals surface area (Å²) in [6.45, 7) is 3.28. The third-order valence-electron chi connectivity index (χ3n) is 4.16. The number of carbonyl (C=O) groups is 1. The molecule has 1 amide bonds. The molecule has 2 aromatic rings. The molecule has 1 unspecified atom stereocenters. The predicted molar refractivity (Wildman–Crippen MR) is 89.2 cm³/mol. The number of aromatic nitrogens is 3. The van der Waals surface area contributed by atoms with Crippen molar-refractivity contribution in [2.45, 2.75) is 19.1 Å². The third kappa shape index (κ3) is 4.39. The molecule has 7 nitrogen and oxygen atoms in total. The molecule has 1 atom stereocenters. The minimum absolute atomic E-state index is 0.0524. The molecule has 7 heteroatoms. The highest BCUT2D eigenvalue weighted by molar-refractivity contribution is 5.81. The van der Waals surface area contributed by atoms with Crippen molar-refractivity contribution in [2.24, 2.45) is 7.05 Å². The van der Waals surface area contributed by atoms with Gasteiger partial charge in [-0.05, 0) is 18.1 Å². The predicted octanol–water partition coefficient (Wildman–Crippen LogP) is 0.375. The standard InChI is InChI=1S/C17H23N5O2/c1-21-8-7-19-16(21)13-22-9-10-24-15(12-22)17(23)20-6-4-14-3-2-5-18-11-14/h2-3,5,7-8,11,15H,4,6,9-10,12-13H2,1H3,(H,20,23). The first kappa shape index (κ1) is 16.6. The van der Waals surface area contributed by atoms with Gasteiger partial charge in [0.15, 0.2) is 0 Å². The molecule has 1 fully saturated rings. The molecule has 1 aliphatic rings. The fraction of sp³-hybridized carbons (Fsp3) is 0.471. The van der Waals surface area contributed by atoms with Crippen molar-refractivity contribution >= 4 is 5.91 Å². The molecule has 24 heavy (non-hydrogen) atoms. The van der Waals surface area contributed by atoms with Crippen molar-refractivity contribution in [1.82, 2.24) is 24.8 Å². The van der Waals surface area contributed by atoms with Crippen molar-refractivity contribution in [3.05, 3.63) is 48.3 Å². The van der Waals surface area contributed by atoms with E-state index < -0.39 is 6.10 Å². The zero-order valence-corrected chi connectivity index (χ0v) is 13.9. The molecule has 0 aliphatic carbocycles. The van der Waals surface area contributed by atoms with Gasteiger partial charge in [0.05, 0.1) is 13.2 Å². The smallest absolute Gasteiger partial charge is 0.250 e. The van der Waals surface area contributed by atoms with Crippen LogP contribution < -0.4 is 5.32 Å². The Morgan fingerprint density at radius 2 is 2.38 bits per heavy atom. The first-order valence-electron chi connectivity index (χ1n) is 8.19. The minimum Gasteiger partial charge on any atom is -0.366 e. The van der Waals surface area contributed by atoms with Crippen LogP contribution in [0.4, 0.5) is 0 Å². The SMILES string of the molecule is Cn1ccnc1CN1CCOC(C(=O)NCCc2cccnc2)C1. The van der Waals surface area contributed by atoms with Crippen molar-refractivity contribution in [3.8, 4) is 0 Å². The van der Waals surface area contributed by atoms with Crippen LogP contribution in [0.2, 0.25) is 0 Å². The number of rotatable bonds is 6. The Bertz CT molecular complexity index is 658. The van der Waals surface area contributed by atoms with Crippen molar-refractivity contribution in [2.75, 3.05) is 26.2 Å². The Kier molecular flexibility index (Phi) is 5.55. The topological polar surface area (TPSA) is 72.3 Å². The first-order chi connectivity index (χ1) is 11.7. The average Bonchev–Trinajstić information content (AvgIpc) is 3.01. The lowest BCUT2D eigenvalue weighted by atomic mass is 10.2. The van der Waals surface area contributed by atoms with Gasteiger partial charge >= 0.3 is 0 Å². The molecule has 0 aromatic carbocycles. The number of morpholine rings is 1. The van der Waals surface area contributed by atoms with Gasteiger partial charge in [0.2, 0.25) is 5.91 Å². The maximum atomic E-state index is 12.3. The van der Waals surface area contributed by atoms with E-state index in [4.69, 9.17) is 4.74 Å². The summed E-state index contributed by atoms with van der Waals surface area (Å²) in [5.41, 5.74) is 1.11. The highest BCUT2D eigenvalue weighted by atomic mass is 16.5. The second-order valence-corrected chi connectivity index (χ2v) is 5.95. The number of hydrogen-bond donors (Lipinski definition) is 1. The van der Waals surface area contributed by atoms with E-state index in [0.717, 1.165) is 30.9 Å². The second kappa shape index (κ2) is 8.03. The molecule has 0 saturated carbocycles. The van der Waals surface area contributed by atoms with E-state index in [9.17, 15) is 4.79 Å². The molecule has 3 rings (SSSR count). The number of imidazole rings is 1. The fourth-order valence-electron chi connectivity index (χ4n) is 2.74. The fourth-order valence-corrected chi connectivity index (χ4v) is 2.74. The molecular weight excluding hydrogens is 306 g/mol. The molecule has 1 saturated heterocycles. The number of nitrogens with one attached hydrogen (secondary N) is 1. The molecule has 128 valence electrons. The van der Waals surface area contributed by atoms with Crippen LogP contribution in [0.1, 0.15) is 11.4 Å². The Labute approximate surface area is 141 Å². The molecule has 1 N–H and O–H groups in total. The van der Waals surface area contributed by atoms with E-state index in [2.05, 4.69) is 20.2 Å². The Morgan fingerprint density at radius 3 is 3.12 bits per heavy atom. The van der Waals surface area contributed by atoms with Crippen LogP contribution in [-0.2, 0) is 29.5 Å². The van der Waals surface area contributed by atoms with Gasteiger partial charge in [-0.15, -0.1) is 0 Å². The molecule has 2 aromatic heterocycles. The highest BCUT2D eigenvalue weighted by Gasteiger charge is 2.26. The lowest BCUT2D eigenvalue weighted by molar-refractivity contribution is -0.138. The summed E-state index contributed by atoms with van der Waals surface area (Å²) in [6.07, 6.45) is 7.62. The molecule has 0 bridgehead atoms. The molecule has 0 radical (unpaired) electrons. The normalized spacial score (nSPS) is 18.5. The Hall–Kier alpha value is -2.25. The second-order valence-electron chi connectivity index (χ2n) is 5.95. The number of nitrogens with zero attached hydrogens (tertiary/aromatic N) is 4. The Morgan fingerprint density at radius 1 is 1.46 bits per heavy atom. The number of ether oxygens (including phenoxy) is 1. The van der Waals surface area contributed by atoms with E-state index >= 15 is 0 Å². The van der Waals surface area contributed by atoms with Gasteiger partial charge in [0, 0.05) is 51.5 Å². The van der Waals surface area contributed by atoms with Crippen LogP contribution in [0.15, 0.2) is 36.9 Å². The quantitative estimate of drug-likeness (QED) is 0.829. The molecular formula is C17H23N5O2. The van der Waals surface area contributed by atoms with Gasteiger partial charge in [-0.3, -0.25) is 14.7 Å². The number of hydrogen-bond acceptors (Lipinski definition) is 5. The summed E-state index contributed by atoms with van der Waals surface area (Å²) in [5.74, 6) is 0.941. The number of amides is 1. The summed E-state index contributed by atoms with van der Waals surface area (Å²) in [7, 11) is 1.98. The van der Waals surface area contributed by atoms with Crippen LogP contribution >= 0.6 is 0 Å². The molecule has 0 spiro atoms. The Balaban J connectivity index is 1.45. The minimum atomic E-state index is -0.423. The van der Waals surface area contributed by atoms with Crippen LogP contribution in [0.25, 0.3) is 0 Å². The van der Waals surface area contributed by atoms with Crippen molar-refractivity contribution in [3.63, 3.8) is 0 Å². The first-order valence-corrected chi connectivity index (χ1v) is 8.19. The van der Waals surface area contributed by atoms with E-state index in [1.807, 2.05) is 36.1 Å². The monoisotopic (exact) mass is 329 g/mol. The van der Waals surface area contributed by atoms with Gasteiger partial charge in [-0.25, -0.2) is 4.98 Å². The van der Waals surface area contributed by atoms with Gasteiger partial charge in [0.25, 0.3) is 0 Å². The van der Waals surface area contributed by atoms with Crippen LogP contribution in [0, 0.1) is 0 Å². The van der Waals surface area contributed by atoms with Gasteiger partial charge in [-0.1, -0.05) is 6.07 Å². The summed E-state index contributed by atoms with van der Waals surface area (Å²) in [5, 5.41) is 2.95. The summed E-state index contributed by atoms with van der Waals surface area (Å²) >= 11 is 0. The maximum absolute atomic E-state index is 12.3. The van der Waals surface area contributed by atoms with Crippen molar-refractivity contribution in [1.29, 1.82) is 0 Å². The van der Waals surface area contributed by atoms with Crippen molar-refractivity contribution < 1.29 is 9.53 Å². The zero-order chi connectivity index (χ0) is 16.8. The highest BCUT2D eigenvalue weighted by Crippen LogP contribution is 2.09. The summed E-state index contributed by atoms with van der Waals surface area (Å²) in [6, 6.07) is 3.90. The zero-order valence-electron chi connectivity index (χ0n) is 13.9. The van der Waals surface area contributed by atoms with Gasteiger partial charge < -0.3 is 14.6 Å². The maximum Gasteiger partial charge on any atom is 0.250 e. The van der Waals surface area contributed by atoms with Crippen LogP contribution in [-0.4, -0.2) is 57.7 Å². The molecule has 3 heterocycles. The van der Waals surface area contributed by atoms with E-state index in [0.29, 0.717) is 19.7 Å². The van der Waals surface area contributed by atoms with Crippen LogP contribution in [0.5, 0.6) is 0 Å². The van der Waals surface area contributed by atoms with Crippen LogP contribution in [0.3, 0.4) is 0 Å². The lowest BCUT2D eigenvalue weighted by Gasteiger charge is -2.31. The van der Waals surface area contributed by atoms with E-state index in [1.165, 1.54) is 0 Å². The lowest BCUT2D eigenvalue weighted by Crippen LogP contribution is -2.49. The summed E-state index contributed by atoms with van der Waals surface area (Å²) < 4.78 is 7.63. The van der Waals surface area contributed by atoms with Gasteiger partial charge in [0.1, 0.15) is 11.9 Å². The number of pyridine rings is 1. The van der Waals surface area contributed by atoms with E-state index in [1.54, 1.807) is 12.4 Å². The number of aryl methyl sites for hydroxylation is 1. The third-order valence-corrected chi connectivity index (χ3v) is 4.16. The summed E-state index contributed by atoms with van der Waals surface area (Å²) in [4.78, 5) is 22.9. The largest absolute Gasteiger partial charge is 0.366 e.